The third-order valence-corrected chi connectivity index (χ3v) is 5.05. The summed E-state index contributed by atoms with van der Waals surface area (Å²) >= 11 is 1.82. The Morgan fingerprint density at radius 2 is 1.90 bits per heavy atom. The summed E-state index contributed by atoms with van der Waals surface area (Å²) in [5.74, 6) is 0. The van der Waals surface area contributed by atoms with Crippen LogP contribution in [0.3, 0.4) is 0 Å². The molecule has 4 rings (SSSR count). The van der Waals surface area contributed by atoms with Crippen LogP contribution in [0.25, 0.3) is 25.7 Å². The van der Waals surface area contributed by atoms with Gasteiger partial charge in [0.1, 0.15) is 0 Å². The van der Waals surface area contributed by atoms with Gasteiger partial charge in [0, 0.05) is 32.8 Å². The minimum Gasteiger partial charge on any atom is -0.398 e. The molecule has 0 amide bonds. The molecule has 1 aliphatic carbocycles. The van der Waals surface area contributed by atoms with Gasteiger partial charge in [-0.1, -0.05) is 54.6 Å². The zero-order valence-corrected chi connectivity index (χ0v) is 12.4. The molecule has 0 fully saturated rings. The average molecular weight is 291 g/mol. The van der Waals surface area contributed by atoms with E-state index in [-0.39, 0.29) is 1.43 Å². The highest BCUT2D eigenvalue weighted by atomic mass is 32.1. The fourth-order valence-electron chi connectivity index (χ4n) is 2.85. The van der Waals surface area contributed by atoms with Gasteiger partial charge in [-0.15, -0.1) is 11.3 Å². The zero-order valence-electron chi connectivity index (χ0n) is 11.5. The molecular weight excluding hydrogens is 274 g/mol. The third kappa shape index (κ3) is 1.99. The molecule has 1 heterocycles. The molecule has 0 saturated carbocycles. The summed E-state index contributed by atoms with van der Waals surface area (Å²) in [5, 5.41) is 2.61. The smallest absolute Gasteiger partial charge is 0.0454 e. The van der Waals surface area contributed by atoms with Crippen LogP contribution in [-0.4, -0.2) is 0 Å². The summed E-state index contributed by atoms with van der Waals surface area (Å²) < 4.78 is 2.59. The zero-order chi connectivity index (χ0) is 14.2. The lowest BCUT2D eigenvalue weighted by Gasteiger charge is -2.08. The molecule has 2 aromatic carbocycles. The van der Waals surface area contributed by atoms with Gasteiger partial charge in [0.25, 0.3) is 0 Å². The number of rotatable bonds is 1. The molecule has 104 valence electrons. The second-order valence-corrected chi connectivity index (χ2v) is 6.25. The van der Waals surface area contributed by atoms with E-state index < -0.39 is 0 Å². The van der Waals surface area contributed by atoms with Crippen molar-refractivity contribution in [3.63, 3.8) is 0 Å². The molecular formula is C19H17NS. The van der Waals surface area contributed by atoms with Gasteiger partial charge in [0.2, 0.25) is 0 Å². The van der Waals surface area contributed by atoms with E-state index in [0.29, 0.717) is 0 Å². The van der Waals surface area contributed by atoms with Gasteiger partial charge in [0.15, 0.2) is 0 Å². The first-order valence-electron chi connectivity index (χ1n) is 7.08. The summed E-state index contributed by atoms with van der Waals surface area (Å²) in [5.41, 5.74) is 9.50. The van der Waals surface area contributed by atoms with Crippen LogP contribution in [0.4, 0.5) is 5.69 Å². The summed E-state index contributed by atoms with van der Waals surface area (Å²) in [4.78, 5) is 0. The molecule has 0 unspecified atom stereocenters. The Hall–Kier alpha value is -2.32. The Balaban J connectivity index is 0.00000144. The molecule has 2 heteroatoms. The van der Waals surface area contributed by atoms with Gasteiger partial charge in [-0.2, -0.15) is 0 Å². The second-order valence-electron chi connectivity index (χ2n) is 5.19. The predicted octanol–water partition coefficient (Wildman–Crippen LogP) is 5.78. The molecule has 0 spiro atoms. The van der Waals surface area contributed by atoms with Crippen LogP contribution in [0.5, 0.6) is 0 Å². The molecule has 0 saturated heterocycles. The van der Waals surface area contributed by atoms with E-state index in [2.05, 4.69) is 60.7 Å². The van der Waals surface area contributed by atoms with Gasteiger partial charge >= 0.3 is 0 Å². The van der Waals surface area contributed by atoms with Gasteiger partial charge < -0.3 is 5.73 Å². The Bertz CT molecular complexity index is 931. The number of anilines is 1. The lowest BCUT2D eigenvalue weighted by Crippen LogP contribution is -1.92. The minimum atomic E-state index is 0. The Kier molecular flexibility index (Phi) is 2.90. The van der Waals surface area contributed by atoms with Crippen molar-refractivity contribution in [2.45, 2.75) is 6.42 Å². The van der Waals surface area contributed by atoms with Crippen molar-refractivity contribution in [3.8, 4) is 0 Å². The lowest BCUT2D eigenvalue weighted by atomic mass is 10.00. The number of nitrogens with two attached hydrogens (primary N) is 1. The van der Waals surface area contributed by atoms with Crippen molar-refractivity contribution in [1.82, 2.24) is 0 Å². The fraction of sp³-hybridized carbons (Fsp3) is 0.0526. The first-order chi connectivity index (χ1) is 10.3. The van der Waals surface area contributed by atoms with Crippen molar-refractivity contribution < 1.29 is 1.43 Å². The van der Waals surface area contributed by atoms with Crippen molar-refractivity contribution in [1.29, 1.82) is 0 Å². The highest BCUT2D eigenvalue weighted by Gasteiger charge is 2.13. The summed E-state index contributed by atoms with van der Waals surface area (Å²) in [6.45, 7) is 0. The Morgan fingerprint density at radius 3 is 2.86 bits per heavy atom. The fourth-order valence-corrected chi connectivity index (χ4v) is 4.13. The van der Waals surface area contributed by atoms with E-state index in [1.165, 1.54) is 25.7 Å². The van der Waals surface area contributed by atoms with Gasteiger partial charge in [-0.3, -0.25) is 0 Å². The van der Waals surface area contributed by atoms with Crippen LogP contribution >= 0.6 is 11.3 Å². The summed E-state index contributed by atoms with van der Waals surface area (Å²) in [7, 11) is 0. The summed E-state index contributed by atoms with van der Waals surface area (Å²) in [6, 6.07) is 12.7. The van der Waals surface area contributed by atoms with Crippen LogP contribution in [0.15, 0.2) is 66.8 Å². The number of fused-ring (bicyclic) bond motifs is 3. The molecule has 3 aromatic rings. The maximum atomic E-state index is 6.30. The number of benzene rings is 2. The number of allylic oxidation sites excluding steroid dienone is 6. The van der Waals surface area contributed by atoms with Crippen LogP contribution in [0.1, 0.15) is 13.4 Å². The normalized spacial score (nSPS) is 14.6. The number of nitrogen functional groups attached to an aromatic ring is 1. The molecule has 1 aliphatic rings. The maximum Gasteiger partial charge on any atom is 0.0454 e. The van der Waals surface area contributed by atoms with Crippen LogP contribution in [0, 0.1) is 0 Å². The Labute approximate surface area is 129 Å². The van der Waals surface area contributed by atoms with E-state index >= 15 is 0 Å². The topological polar surface area (TPSA) is 26.0 Å². The summed E-state index contributed by atoms with van der Waals surface area (Å²) in [6.07, 6.45) is 11.8. The van der Waals surface area contributed by atoms with Gasteiger partial charge in [-0.05, 0) is 24.1 Å². The highest BCUT2D eigenvalue weighted by Crippen LogP contribution is 2.41. The molecule has 0 atom stereocenters. The first kappa shape index (κ1) is 12.4. The second kappa shape index (κ2) is 4.90. The monoisotopic (exact) mass is 291 g/mol. The number of hydrogen-bond acceptors (Lipinski definition) is 2. The minimum absolute atomic E-state index is 0. The molecule has 21 heavy (non-hydrogen) atoms. The number of hydrogen-bond donors (Lipinski definition) is 1. The van der Waals surface area contributed by atoms with E-state index in [4.69, 9.17) is 5.73 Å². The van der Waals surface area contributed by atoms with Crippen molar-refractivity contribution in [2.75, 3.05) is 5.73 Å². The van der Waals surface area contributed by atoms with E-state index in [1.807, 2.05) is 17.4 Å². The van der Waals surface area contributed by atoms with Crippen LogP contribution in [-0.2, 0) is 0 Å². The molecule has 0 bridgehead atoms. The van der Waals surface area contributed by atoms with Crippen LogP contribution in [0.2, 0.25) is 0 Å². The lowest BCUT2D eigenvalue weighted by molar-refractivity contribution is 1.41. The molecule has 0 aliphatic heterocycles. The molecule has 2 N–H and O–H groups in total. The molecule has 1 nitrogen and oxygen atoms in total. The van der Waals surface area contributed by atoms with Gasteiger partial charge in [-0.25, -0.2) is 0 Å². The SMILES string of the molecule is Nc1ccc2c(sc3ccccc32)c1C1=CC=CCC=C1.[HH]. The predicted molar refractivity (Wildman–Crippen MR) is 96.7 cm³/mol. The average Bonchev–Trinajstić information content (AvgIpc) is 2.68. The van der Waals surface area contributed by atoms with Crippen molar-refractivity contribution >= 4 is 42.8 Å². The Morgan fingerprint density at radius 1 is 1.00 bits per heavy atom. The van der Waals surface area contributed by atoms with Gasteiger partial charge in [0.05, 0.1) is 0 Å². The maximum absolute atomic E-state index is 6.30. The molecule has 1 aromatic heterocycles. The van der Waals surface area contributed by atoms with Crippen LogP contribution < -0.4 is 5.73 Å². The standard InChI is InChI=1S/C19H15NS.H2/c20-16-12-11-15-14-9-5-6-10-17(14)21-19(15)18(16)13-7-3-1-2-4-8-13;/h1,3-12H,2,20H2;1H. The molecule has 0 radical (unpaired) electrons. The van der Waals surface area contributed by atoms with E-state index in [1.54, 1.807) is 0 Å². The number of thiophene rings is 1. The highest BCUT2D eigenvalue weighted by molar-refractivity contribution is 7.26. The van der Waals surface area contributed by atoms with E-state index in [0.717, 1.165) is 17.7 Å². The van der Waals surface area contributed by atoms with Crippen molar-refractivity contribution in [3.05, 3.63) is 72.3 Å². The quantitative estimate of drug-likeness (QED) is 0.565. The largest absolute Gasteiger partial charge is 0.398 e. The third-order valence-electron chi connectivity index (χ3n) is 3.85. The van der Waals surface area contributed by atoms with E-state index in [9.17, 15) is 0 Å². The van der Waals surface area contributed by atoms with Crippen molar-refractivity contribution in [2.24, 2.45) is 0 Å². The first-order valence-corrected chi connectivity index (χ1v) is 7.90.